The summed E-state index contributed by atoms with van der Waals surface area (Å²) in [6, 6.07) is 7.72. The van der Waals surface area contributed by atoms with Crippen LogP contribution in [0.1, 0.15) is 39.2 Å². The normalized spacial score (nSPS) is 15.1. The molecule has 1 N–H and O–H groups in total. The van der Waals surface area contributed by atoms with Gasteiger partial charge in [-0.15, -0.1) is 0 Å². The van der Waals surface area contributed by atoms with Crippen LogP contribution in [0.25, 0.3) is 0 Å². The van der Waals surface area contributed by atoms with Crippen molar-refractivity contribution in [3.05, 3.63) is 34.9 Å². The van der Waals surface area contributed by atoms with E-state index in [2.05, 4.69) is 13.8 Å². The van der Waals surface area contributed by atoms with Gasteiger partial charge in [-0.1, -0.05) is 50.4 Å². The summed E-state index contributed by atoms with van der Waals surface area (Å²) < 4.78 is 0. The van der Waals surface area contributed by atoms with Crippen molar-refractivity contribution in [2.75, 3.05) is 0 Å². The van der Waals surface area contributed by atoms with Crippen molar-refractivity contribution in [2.45, 2.75) is 45.6 Å². The predicted octanol–water partition coefficient (Wildman–Crippen LogP) is 4.07. The summed E-state index contributed by atoms with van der Waals surface area (Å²) in [5, 5.41) is 11.2. The third-order valence-corrected chi connectivity index (χ3v) is 3.59. The van der Waals surface area contributed by atoms with Crippen molar-refractivity contribution >= 4 is 11.6 Å². The third kappa shape index (κ3) is 3.50. The molecule has 16 heavy (non-hydrogen) atoms. The highest BCUT2D eigenvalue weighted by atomic mass is 35.5. The highest BCUT2D eigenvalue weighted by Gasteiger charge is 2.29. The number of halogens is 1. The molecular formula is C14H21ClO. The van der Waals surface area contributed by atoms with E-state index in [0.29, 0.717) is 12.3 Å². The summed E-state index contributed by atoms with van der Waals surface area (Å²) in [5.74, 6) is 0.350. The molecule has 0 heterocycles. The molecule has 90 valence electrons. The Kier molecular flexibility index (Phi) is 4.82. The van der Waals surface area contributed by atoms with Crippen LogP contribution in [0.5, 0.6) is 0 Å². The van der Waals surface area contributed by atoms with Crippen LogP contribution in [-0.4, -0.2) is 10.7 Å². The predicted molar refractivity (Wildman–Crippen MR) is 69.9 cm³/mol. The van der Waals surface area contributed by atoms with Gasteiger partial charge in [0.1, 0.15) is 0 Å². The molecule has 0 aliphatic rings. The summed E-state index contributed by atoms with van der Waals surface area (Å²) in [7, 11) is 0. The summed E-state index contributed by atoms with van der Waals surface area (Å²) in [4.78, 5) is 0. The molecule has 0 saturated carbocycles. The van der Waals surface area contributed by atoms with Gasteiger partial charge in [0.2, 0.25) is 0 Å². The van der Waals surface area contributed by atoms with E-state index in [9.17, 15) is 5.11 Å². The van der Waals surface area contributed by atoms with Crippen molar-refractivity contribution in [3.8, 4) is 0 Å². The maximum atomic E-state index is 10.5. The summed E-state index contributed by atoms with van der Waals surface area (Å²) >= 11 is 5.84. The van der Waals surface area contributed by atoms with Gasteiger partial charge >= 0.3 is 0 Å². The standard InChI is InChI=1S/C14H21ClO/c1-4-12(5-2)14(3,16)10-11-6-8-13(15)9-7-11/h6-9,12,16H,4-5,10H2,1-3H3. The SMILES string of the molecule is CCC(CC)C(C)(O)Cc1ccc(Cl)cc1. The van der Waals surface area contributed by atoms with Crippen molar-refractivity contribution in [3.63, 3.8) is 0 Å². The lowest BCUT2D eigenvalue weighted by molar-refractivity contribution is -0.00410. The smallest absolute Gasteiger partial charge is 0.0687 e. The van der Waals surface area contributed by atoms with Crippen molar-refractivity contribution < 1.29 is 5.11 Å². The minimum Gasteiger partial charge on any atom is -0.390 e. The molecule has 0 radical (unpaired) electrons. The van der Waals surface area contributed by atoms with E-state index in [-0.39, 0.29) is 0 Å². The summed E-state index contributed by atoms with van der Waals surface area (Å²) in [5.41, 5.74) is 0.512. The number of aliphatic hydroxyl groups is 1. The van der Waals surface area contributed by atoms with Crippen LogP contribution in [0.2, 0.25) is 5.02 Å². The van der Waals surface area contributed by atoms with Gasteiger partial charge < -0.3 is 5.11 Å². The van der Waals surface area contributed by atoms with E-state index in [1.165, 1.54) is 0 Å². The Labute approximate surface area is 103 Å². The van der Waals surface area contributed by atoms with Gasteiger partial charge in [0, 0.05) is 11.4 Å². The Balaban J connectivity index is 2.75. The Morgan fingerprint density at radius 3 is 2.12 bits per heavy atom. The van der Waals surface area contributed by atoms with Crippen LogP contribution in [-0.2, 0) is 6.42 Å². The van der Waals surface area contributed by atoms with Gasteiger partial charge in [0.15, 0.2) is 0 Å². The molecule has 1 aromatic carbocycles. The van der Waals surface area contributed by atoms with E-state index in [1.54, 1.807) is 0 Å². The van der Waals surface area contributed by atoms with E-state index < -0.39 is 5.60 Å². The highest BCUT2D eigenvalue weighted by molar-refractivity contribution is 6.30. The van der Waals surface area contributed by atoms with Gasteiger partial charge in [0.05, 0.1) is 5.60 Å². The number of benzene rings is 1. The van der Waals surface area contributed by atoms with E-state index in [4.69, 9.17) is 11.6 Å². The fourth-order valence-corrected chi connectivity index (χ4v) is 2.45. The average molecular weight is 241 g/mol. The Morgan fingerprint density at radius 1 is 1.19 bits per heavy atom. The van der Waals surface area contributed by atoms with Crippen LogP contribution in [0.3, 0.4) is 0 Å². The van der Waals surface area contributed by atoms with E-state index in [0.717, 1.165) is 23.4 Å². The first-order valence-corrected chi connectivity index (χ1v) is 6.34. The third-order valence-electron chi connectivity index (χ3n) is 3.34. The molecule has 0 fully saturated rings. The van der Waals surface area contributed by atoms with Gasteiger partial charge in [-0.05, 0) is 30.5 Å². The Hall–Kier alpha value is -0.530. The number of rotatable bonds is 5. The lowest BCUT2D eigenvalue weighted by atomic mass is 9.80. The maximum absolute atomic E-state index is 10.5. The first kappa shape index (κ1) is 13.5. The lowest BCUT2D eigenvalue weighted by Crippen LogP contribution is -2.36. The largest absolute Gasteiger partial charge is 0.390 e. The number of hydrogen-bond acceptors (Lipinski definition) is 1. The molecular weight excluding hydrogens is 220 g/mol. The highest BCUT2D eigenvalue weighted by Crippen LogP contribution is 2.27. The van der Waals surface area contributed by atoms with Crippen LogP contribution in [0, 0.1) is 5.92 Å². The molecule has 1 aromatic rings. The quantitative estimate of drug-likeness (QED) is 0.823. The van der Waals surface area contributed by atoms with Crippen molar-refractivity contribution in [1.29, 1.82) is 0 Å². The first-order valence-electron chi connectivity index (χ1n) is 5.96. The molecule has 1 nitrogen and oxygen atoms in total. The zero-order valence-corrected chi connectivity index (χ0v) is 11.1. The minimum atomic E-state index is -0.628. The molecule has 1 atom stereocenters. The van der Waals surface area contributed by atoms with E-state index >= 15 is 0 Å². The Bertz CT molecular complexity index is 312. The number of hydrogen-bond donors (Lipinski definition) is 1. The second-order valence-corrected chi connectivity index (χ2v) is 5.11. The summed E-state index contributed by atoms with van der Waals surface area (Å²) in [6.45, 7) is 6.19. The summed E-state index contributed by atoms with van der Waals surface area (Å²) in [6.07, 6.45) is 2.71. The molecule has 0 bridgehead atoms. The van der Waals surface area contributed by atoms with Crippen molar-refractivity contribution in [1.82, 2.24) is 0 Å². The lowest BCUT2D eigenvalue weighted by Gasteiger charge is -2.32. The molecule has 0 amide bonds. The van der Waals surface area contributed by atoms with Gasteiger partial charge in [0.25, 0.3) is 0 Å². The van der Waals surface area contributed by atoms with Crippen LogP contribution < -0.4 is 0 Å². The molecule has 0 aliphatic carbocycles. The molecule has 2 heteroatoms. The second kappa shape index (κ2) is 5.70. The zero-order valence-electron chi connectivity index (χ0n) is 10.3. The molecule has 0 aliphatic heterocycles. The van der Waals surface area contributed by atoms with Crippen LogP contribution in [0.4, 0.5) is 0 Å². The molecule has 0 aromatic heterocycles. The minimum absolute atomic E-state index is 0.350. The fraction of sp³-hybridized carbons (Fsp3) is 0.571. The fourth-order valence-electron chi connectivity index (χ4n) is 2.33. The van der Waals surface area contributed by atoms with Crippen LogP contribution >= 0.6 is 11.6 Å². The van der Waals surface area contributed by atoms with Gasteiger partial charge in [-0.2, -0.15) is 0 Å². The maximum Gasteiger partial charge on any atom is 0.0687 e. The molecule has 1 unspecified atom stereocenters. The van der Waals surface area contributed by atoms with E-state index in [1.807, 2.05) is 31.2 Å². The van der Waals surface area contributed by atoms with Crippen LogP contribution in [0.15, 0.2) is 24.3 Å². The second-order valence-electron chi connectivity index (χ2n) is 4.67. The van der Waals surface area contributed by atoms with Gasteiger partial charge in [-0.3, -0.25) is 0 Å². The van der Waals surface area contributed by atoms with Gasteiger partial charge in [-0.25, -0.2) is 0 Å². The Morgan fingerprint density at radius 2 is 1.69 bits per heavy atom. The topological polar surface area (TPSA) is 20.2 Å². The first-order chi connectivity index (χ1) is 7.49. The molecule has 0 spiro atoms. The molecule has 0 saturated heterocycles. The van der Waals surface area contributed by atoms with Crippen molar-refractivity contribution in [2.24, 2.45) is 5.92 Å². The zero-order chi connectivity index (χ0) is 12.2. The molecule has 1 rings (SSSR count). The average Bonchev–Trinajstić information content (AvgIpc) is 2.22. The monoisotopic (exact) mass is 240 g/mol.